The topological polar surface area (TPSA) is 72.5 Å². The molecule has 1 N–H and O–H groups in total. The van der Waals surface area contributed by atoms with Crippen molar-refractivity contribution >= 4 is 21.4 Å². The van der Waals surface area contributed by atoms with E-state index >= 15 is 0 Å². The second kappa shape index (κ2) is 6.62. The van der Waals surface area contributed by atoms with Gasteiger partial charge in [0.15, 0.2) is 9.84 Å². The Bertz CT molecular complexity index is 750. The molecule has 0 aliphatic rings. The third kappa shape index (κ3) is 4.33. The van der Waals surface area contributed by atoms with Gasteiger partial charge in [-0.15, -0.1) is 0 Å². The summed E-state index contributed by atoms with van der Waals surface area (Å²) in [5.74, 6) is 1.09. The predicted octanol–water partition coefficient (Wildman–Crippen LogP) is 3.23. The Morgan fingerprint density at radius 1 is 1.00 bits per heavy atom. The van der Waals surface area contributed by atoms with Gasteiger partial charge in [-0.25, -0.2) is 8.42 Å². The molecule has 0 radical (unpaired) electrons. The summed E-state index contributed by atoms with van der Waals surface area (Å²) in [6, 6.07) is 13.2. The van der Waals surface area contributed by atoms with E-state index in [0.29, 0.717) is 23.6 Å². The smallest absolute Gasteiger partial charge is 0.224 e. The van der Waals surface area contributed by atoms with Crippen LogP contribution < -0.4 is 10.1 Å². The van der Waals surface area contributed by atoms with Crippen LogP contribution in [0.2, 0.25) is 0 Å². The molecule has 0 aliphatic heterocycles. The van der Waals surface area contributed by atoms with E-state index in [1.807, 2.05) is 0 Å². The summed E-state index contributed by atoms with van der Waals surface area (Å²) in [7, 11) is -3.21. The van der Waals surface area contributed by atoms with Crippen LogP contribution in [0.4, 0.5) is 5.69 Å². The third-order valence-corrected chi connectivity index (χ3v) is 4.08. The highest BCUT2D eigenvalue weighted by Crippen LogP contribution is 2.24. The Labute approximate surface area is 129 Å². The minimum absolute atomic E-state index is 0.0509. The maximum Gasteiger partial charge on any atom is 0.224 e. The van der Waals surface area contributed by atoms with Crippen LogP contribution >= 0.6 is 0 Å². The number of carbonyl (C=O) groups excluding carboxylic acids is 1. The molecule has 0 saturated carbocycles. The molecule has 22 heavy (non-hydrogen) atoms. The molecule has 2 aromatic carbocycles. The standard InChI is InChI=1S/C16H17NO4S/c1-3-16(18)17-12-4-6-13(7-5-12)21-14-8-10-15(11-9-14)22(2,19)20/h4-11H,3H2,1-2H3,(H,17,18). The van der Waals surface area contributed by atoms with Crippen molar-refractivity contribution in [2.75, 3.05) is 11.6 Å². The Kier molecular flexibility index (Phi) is 4.82. The highest BCUT2D eigenvalue weighted by atomic mass is 32.2. The van der Waals surface area contributed by atoms with E-state index in [4.69, 9.17) is 4.74 Å². The van der Waals surface area contributed by atoms with Crippen molar-refractivity contribution in [2.45, 2.75) is 18.2 Å². The van der Waals surface area contributed by atoms with Gasteiger partial charge in [0.05, 0.1) is 4.90 Å². The Balaban J connectivity index is 2.06. The van der Waals surface area contributed by atoms with Crippen molar-refractivity contribution in [1.29, 1.82) is 0 Å². The normalized spacial score (nSPS) is 11.0. The van der Waals surface area contributed by atoms with E-state index in [2.05, 4.69) is 5.32 Å². The van der Waals surface area contributed by atoms with Gasteiger partial charge in [0.25, 0.3) is 0 Å². The maximum atomic E-state index is 11.4. The molecule has 0 saturated heterocycles. The zero-order valence-corrected chi connectivity index (χ0v) is 13.2. The molecule has 5 nitrogen and oxygen atoms in total. The summed E-state index contributed by atoms with van der Waals surface area (Å²) in [5.41, 5.74) is 0.701. The molecule has 6 heteroatoms. The average Bonchev–Trinajstić information content (AvgIpc) is 2.49. The van der Waals surface area contributed by atoms with Crippen molar-refractivity contribution in [3.8, 4) is 11.5 Å². The fraction of sp³-hybridized carbons (Fsp3) is 0.188. The van der Waals surface area contributed by atoms with Gasteiger partial charge in [0.2, 0.25) is 5.91 Å². The number of nitrogens with one attached hydrogen (secondary N) is 1. The lowest BCUT2D eigenvalue weighted by atomic mass is 10.3. The predicted molar refractivity (Wildman–Crippen MR) is 85.0 cm³/mol. The lowest BCUT2D eigenvalue weighted by Gasteiger charge is -2.08. The minimum Gasteiger partial charge on any atom is -0.457 e. The van der Waals surface area contributed by atoms with Gasteiger partial charge < -0.3 is 10.1 Å². The molecule has 1 amide bonds. The van der Waals surface area contributed by atoms with Gasteiger partial charge in [0.1, 0.15) is 11.5 Å². The summed E-state index contributed by atoms with van der Waals surface area (Å²) in [4.78, 5) is 11.5. The second-order valence-corrected chi connectivity index (χ2v) is 6.79. The first kappa shape index (κ1) is 16.0. The molecule has 0 atom stereocenters. The molecule has 0 aliphatic carbocycles. The summed E-state index contributed by atoms with van der Waals surface area (Å²) in [6.45, 7) is 1.78. The molecule has 0 spiro atoms. The molecular weight excluding hydrogens is 302 g/mol. The van der Waals surface area contributed by atoms with E-state index in [-0.39, 0.29) is 10.8 Å². The van der Waals surface area contributed by atoms with Crippen LogP contribution in [-0.2, 0) is 14.6 Å². The van der Waals surface area contributed by atoms with Crippen LogP contribution in [0.15, 0.2) is 53.4 Å². The Hall–Kier alpha value is -2.34. The number of sulfone groups is 1. The van der Waals surface area contributed by atoms with Gasteiger partial charge in [0, 0.05) is 18.4 Å². The van der Waals surface area contributed by atoms with Gasteiger partial charge >= 0.3 is 0 Å². The van der Waals surface area contributed by atoms with E-state index in [1.165, 1.54) is 12.1 Å². The molecule has 0 heterocycles. The summed E-state index contributed by atoms with van der Waals surface area (Å²) in [5, 5.41) is 2.75. The van der Waals surface area contributed by atoms with Crippen LogP contribution in [-0.4, -0.2) is 20.6 Å². The summed E-state index contributed by atoms with van der Waals surface area (Å²) in [6.07, 6.45) is 1.58. The third-order valence-electron chi connectivity index (χ3n) is 2.95. The number of anilines is 1. The fourth-order valence-electron chi connectivity index (χ4n) is 1.75. The first-order valence-corrected chi connectivity index (χ1v) is 8.65. The average molecular weight is 319 g/mol. The zero-order chi connectivity index (χ0) is 16.2. The van der Waals surface area contributed by atoms with Gasteiger partial charge in [-0.05, 0) is 48.5 Å². The maximum absolute atomic E-state index is 11.4. The summed E-state index contributed by atoms with van der Waals surface area (Å²) < 4.78 is 28.4. The first-order chi connectivity index (χ1) is 10.4. The quantitative estimate of drug-likeness (QED) is 0.918. The molecule has 2 rings (SSSR count). The molecule has 0 unspecified atom stereocenters. The van der Waals surface area contributed by atoms with Gasteiger partial charge in [-0.1, -0.05) is 6.92 Å². The molecule has 2 aromatic rings. The van der Waals surface area contributed by atoms with Crippen LogP contribution in [0, 0.1) is 0 Å². The molecule has 0 fully saturated rings. The SMILES string of the molecule is CCC(=O)Nc1ccc(Oc2ccc(S(C)(=O)=O)cc2)cc1. The number of amides is 1. The lowest BCUT2D eigenvalue weighted by molar-refractivity contribution is -0.115. The van der Waals surface area contributed by atoms with Crippen LogP contribution in [0.25, 0.3) is 0 Å². The Morgan fingerprint density at radius 2 is 1.50 bits per heavy atom. The number of ether oxygens (including phenoxy) is 1. The number of carbonyl (C=O) groups is 1. The highest BCUT2D eigenvalue weighted by Gasteiger charge is 2.07. The molecule has 116 valence electrons. The second-order valence-electron chi connectivity index (χ2n) is 4.77. The van der Waals surface area contributed by atoms with E-state index < -0.39 is 9.84 Å². The first-order valence-electron chi connectivity index (χ1n) is 6.76. The fourth-order valence-corrected chi connectivity index (χ4v) is 2.38. The monoisotopic (exact) mass is 319 g/mol. The van der Waals surface area contributed by atoms with Crippen molar-refractivity contribution < 1.29 is 17.9 Å². The van der Waals surface area contributed by atoms with Crippen LogP contribution in [0.1, 0.15) is 13.3 Å². The van der Waals surface area contributed by atoms with Crippen molar-refractivity contribution in [3.63, 3.8) is 0 Å². The van der Waals surface area contributed by atoms with Gasteiger partial charge in [-0.2, -0.15) is 0 Å². The molecular formula is C16H17NO4S. The summed E-state index contributed by atoms with van der Waals surface area (Å²) >= 11 is 0. The van der Waals surface area contributed by atoms with E-state index in [1.54, 1.807) is 43.3 Å². The minimum atomic E-state index is -3.21. The van der Waals surface area contributed by atoms with E-state index in [0.717, 1.165) is 6.26 Å². The lowest BCUT2D eigenvalue weighted by Crippen LogP contribution is -2.08. The van der Waals surface area contributed by atoms with Gasteiger partial charge in [-0.3, -0.25) is 4.79 Å². The number of hydrogen-bond acceptors (Lipinski definition) is 4. The molecule has 0 aromatic heterocycles. The van der Waals surface area contributed by atoms with Crippen LogP contribution in [0.3, 0.4) is 0 Å². The number of hydrogen-bond donors (Lipinski definition) is 1. The Morgan fingerprint density at radius 3 is 1.95 bits per heavy atom. The highest BCUT2D eigenvalue weighted by molar-refractivity contribution is 7.90. The van der Waals surface area contributed by atoms with E-state index in [9.17, 15) is 13.2 Å². The zero-order valence-electron chi connectivity index (χ0n) is 12.4. The van der Waals surface area contributed by atoms with Crippen molar-refractivity contribution in [1.82, 2.24) is 0 Å². The number of benzene rings is 2. The van der Waals surface area contributed by atoms with Crippen LogP contribution in [0.5, 0.6) is 11.5 Å². The van der Waals surface area contributed by atoms with Crippen molar-refractivity contribution in [3.05, 3.63) is 48.5 Å². The number of rotatable bonds is 5. The molecule has 0 bridgehead atoms. The largest absolute Gasteiger partial charge is 0.457 e. The van der Waals surface area contributed by atoms with Crippen molar-refractivity contribution in [2.24, 2.45) is 0 Å².